The lowest BCUT2D eigenvalue weighted by Crippen LogP contribution is -2.28. The van der Waals surface area contributed by atoms with Gasteiger partial charge >= 0.3 is 0 Å². The summed E-state index contributed by atoms with van der Waals surface area (Å²) < 4.78 is 1.03. The van der Waals surface area contributed by atoms with Crippen LogP contribution in [0.2, 0.25) is 0 Å². The first-order chi connectivity index (χ1) is 7.91. The number of likely N-dealkylation sites (N-methyl/N-ethyl adjacent to an activating group) is 2. The number of aliphatic hydroxyl groups is 1. The summed E-state index contributed by atoms with van der Waals surface area (Å²) >= 11 is 3.56. The molecule has 0 aliphatic rings. The SMILES string of the molecule is CC(O)c1ccc(N(C)CCN(C)C)c(Br)c1. The Morgan fingerprint density at radius 2 is 1.88 bits per heavy atom. The largest absolute Gasteiger partial charge is 0.389 e. The van der Waals surface area contributed by atoms with Crippen LogP contribution in [-0.4, -0.2) is 44.2 Å². The molecule has 0 radical (unpaired) electrons. The highest BCUT2D eigenvalue weighted by Gasteiger charge is 2.08. The van der Waals surface area contributed by atoms with Gasteiger partial charge in [-0.1, -0.05) is 6.07 Å². The van der Waals surface area contributed by atoms with Gasteiger partial charge in [0.05, 0.1) is 11.8 Å². The van der Waals surface area contributed by atoms with Crippen LogP contribution in [0.15, 0.2) is 22.7 Å². The zero-order valence-electron chi connectivity index (χ0n) is 10.9. The highest BCUT2D eigenvalue weighted by molar-refractivity contribution is 9.10. The number of rotatable bonds is 5. The second-order valence-electron chi connectivity index (χ2n) is 4.61. The monoisotopic (exact) mass is 300 g/mol. The molecule has 96 valence electrons. The molecule has 0 heterocycles. The maximum atomic E-state index is 9.51. The molecular weight excluding hydrogens is 280 g/mol. The Kier molecular flexibility index (Phi) is 5.43. The third kappa shape index (κ3) is 4.30. The minimum absolute atomic E-state index is 0.424. The Balaban J connectivity index is 2.77. The predicted octanol–water partition coefficient (Wildman–Crippen LogP) is 2.50. The number of aliphatic hydroxyl groups excluding tert-OH is 1. The molecule has 17 heavy (non-hydrogen) atoms. The van der Waals surface area contributed by atoms with E-state index in [0.717, 1.165) is 28.8 Å². The fourth-order valence-electron chi connectivity index (χ4n) is 1.56. The van der Waals surface area contributed by atoms with Gasteiger partial charge in [0, 0.05) is 24.6 Å². The van der Waals surface area contributed by atoms with E-state index < -0.39 is 6.10 Å². The summed E-state index contributed by atoms with van der Waals surface area (Å²) in [7, 11) is 6.21. The highest BCUT2D eigenvalue weighted by Crippen LogP contribution is 2.28. The van der Waals surface area contributed by atoms with Crippen LogP contribution < -0.4 is 4.90 Å². The van der Waals surface area contributed by atoms with Crippen LogP contribution in [0.3, 0.4) is 0 Å². The van der Waals surface area contributed by atoms with Gasteiger partial charge in [0.1, 0.15) is 0 Å². The van der Waals surface area contributed by atoms with Crippen LogP contribution in [0, 0.1) is 0 Å². The predicted molar refractivity (Wildman–Crippen MR) is 76.6 cm³/mol. The van der Waals surface area contributed by atoms with Gasteiger partial charge in [-0.2, -0.15) is 0 Å². The molecule has 0 saturated carbocycles. The van der Waals surface area contributed by atoms with E-state index in [1.54, 1.807) is 6.92 Å². The maximum absolute atomic E-state index is 9.51. The Hall–Kier alpha value is -0.580. The minimum atomic E-state index is -0.424. The molecule has 1 unspecified atom stereocenters. The number of benzene rings is 1. The molecule has 4 heteroatoms. The van der Waals surface area contributed by atoms with Crippen molar-refractivity contribution in [2.45, 2.75) is 13.0 Å². The van der Waals surface area contributed by atoms with Crippen LogP contribution in [0.4, 0.5) is 5.69 Å². The van der Waals surface area contributed by atoms with Crippen molar-refractivity contribution in [2.75, 3.05) is 39.1 Å². The molecule has 1 N–H and O–H groups in total. The first kappa shape index (κ1) is 14.5. The molecule has 0 fully saturated rings. The van der Waals surface area contributed by atoms with Crippen LogP contribution in [0.1, 0.15) is 18.6 Å². The Morgan fingerprint density at radius 3 is 2.35 bits per heavy atom. The number of nitrogens with zero attached hydrogens (tertiary/aromatic N) is 2. The average molecular weight is 301 g/mol. The summed E-state index contributed by atoms with van der Waals surface area (Å²) in [5.74, 6) is 0. The summed E-state index contributed by atoms with van der Waals surface area (Å²) in [5, 5.41) is 9.51. The third-order valence-electron chi connectivity index (χ3n) is 2.75. The van der Waals surface area contributed by atoms with Crippen LogP contribution >= 0.6 is 15.9 Å². The van der Waals surface area contributed by atoms with Gasteiger partial charge in [-0.25, -0.2) is 0 Å². The molecule has 0 bridgehead atoms. The lowest BCUT2D eigenvalue weighted by molar-refractivity contribution is 0.199. The fraction of sp³-hybridized carbons (Fsp3) is 0.538. The molecule has 0 aromatic heterocycles. The van der Waals surface area contributed by atoms with Gasteiger partial charge in [-0.15, -0.1) is 0 Å². The van der Waals surface area contributed by atoms with Crippen molar-refractivity contribution in [2.24, 2.45) is 0 Å². The molecule has 0 spiro atoms. The quantitative estimate of drug-likeness (QED) is 0.905. The minimum Gasteiger partial charge on any atom is -0.389 e. The zero-order valence-corrected chi connectivity index (χ0v) is 12.5. The van der Waals surface area contributed by atoms with Gasteiger partial charge in [0.25, 0.3) is 0 Å². The molecule has 0 amide bonds. The lowest BCUT2D eigenvalue weighted by Gasteiger charge is -2.23. The van der Waals surface area contributed by atoms with E-state index in [4.69, 9.17) is 0 Å². The number of hydrogen-bond donors (Lipinski definition) is 1. The molecule has 0 aliphatic carbocycles. The molecule has 1 aromatic rings. The summed E-state index contributed by atoms with van der Waals surface area (Å²) in [5.41, 5.74) is 2.08. The van der Waals surface area contributed by atoms with Crippen molar-refractivity contribution in [1.82, 2.24) is 4.90 Å². The average Bonchev–Trinajstić information content (AvgIpc) is 2.25. The number of anilines is 1. The van der Waals surface area contributed by atoms with Gasteiger partial charge in [0.15, 0.2) is 0 Å². The van der Waals surface area contributed by atoms with E-state index in [-0.39, 0.29) is 0 Å². The van der Waals surface area contributed by atoms with Crippen molar-refractivity contribution in [1.29, 1.82) is 0 Å². The smallest absolute Gasteiger partial charge is 0.0762 e. The van der Waals surface area contributed by atoms with Crippen LogP contribution in [0.25, 0.3) is 0 Å². The van der Waals surface area contributed by atoms with Gasteiger partial charge in [-0.05, 0) is 54.6 Å². The highest BCUT2D eigenvalue weighted by atomic mass is 79.9. The van der Waals surface area contributed by atoms with Crippen molar-refractivity contribution < 1.29 is 5.11 Å². The normalized spacial score (nSPS) is 12.9. The Morgan fingerprint density at radius 1 is 1.24 bits per heavy atom. The van der Waals surface area contributed by atoms with Crippen molar-refractivity contribution >= 4 is 21.6 Å². The molecule has 3 nitrogen and oxygen atoms in total. The standard InChI is InChI=1S/C13H21BrN2O/c1-10(17)11-5-6-13(12(14)9-11)16(4)8-7-15(2)3/h5-6,9-10,17H,7-8H2,1-4H3. The summed E-state index contributed by atoms with van der Waals surface area (Å²) in [6.07, 6.45) is -0.424. The second-order valence-corrected chi connectivity index (χ2v) is 5.47. The van der Waals surface area contributed by atoms with Gasteiger partial charge in [-0.3, -0.25) is 0 Å². The number of hydrogen-bond acceptors (Lipinski definition) is 3. The Bertz CT molecular complexity index is 366. The zero-order chi connectivity index (χ0) is 13.0. The molecule has 1 rings (SSSR count). The van der Waals surface area contributed by atoms with Crippen LogP contribution in [0.5, 0.6) is 0 Å². The van der Waals surface area contributed by atoms with E-state index in [9.17, 15) is 5.11 Å². The molecular formula is C13H21BrN2O. The summed E-state index contributed by atoms with van der Waals surface area (Å²) in [6.45, 7) is 3.76. The van der Waals surface area contributed by atoms with E-state index in [1.807, 2.05) is 18.2 Å². The molecule has 0 saturated heterocycles. The van der Waals surface area contributed by atoms with Crippen LogP contribution in [-0.2, 0) is 0 Å². The third-order valence-corrected chi connectivity index (χ3v) is 3.38. The molecule has 1 atom stereocenters. The fourth-order valence-corrected chi connectivity index (χ4v) is 2.26. The van der Waals surface area contributed by atoms with Gasteiger partial charge < -0.3 is 14.9 Å². The van der Waals surface area contributed by atoms with Crippen molar-refractivity contribution in [3.63, 3.8) is 0 Å². The second kappa shape index (κ2) is 6.38. The topological polar surface area (TPSA) is 26.7 Å². The molecule has 0 aliphatic heterocycles. The first-order valence-corrected chi connectivity index (χ1v) is 6.54. The van der Waals surface area contributed by atoms with E-state index >= 15 is 0 Å². The van der Waals surface area contributed by atoms with E-state index in [1.165, 1.54) is 0 Å². The van der Waals surface area contributed by atoms with Crippen molar-refractivity contribution in [3.8, 4) is 0 Å². The van der Waals surface area contributed by atoms with E-state index in [2.05, 4.69) is 46.9 Å². The molecule has 1 aromatic carbocycles. The first-order valence-electron chi connectivity index (χ1n) is 5.75. The van der Waals surface area contributed by atoms with E-state index in [0.29, 0.717) is 0 Å². The maximum Gasteiger partial charge on any atom is 0.0762 e. The summed E-state index contributed by atoms with van der Waals surface area (Å²) in [6, 6.07) is 5.99. The van der Waals surface area contributed by atoms with Crippen molar-refractivity contribution in [3.05, 3.63) is 28.2 Å². The summed E-state index contributed by atoms with van der Waals surface area (Å²) in [4.78, 5) is 4.37. The lowest BCUT2D eigenvalue weighted by atomic mass is 10.1. The Labute approximate surface area is 112 Å². The number of halogens is 1. The van der Waals surface area contributed by atoms with Gasteiger partial charge in [0.2, 0.25) is 0 Å².